The lowest BCUT2D eigenvalue weighted by molar-refractivity contribution is -0.0956. The highest BCUT2D eigenvalue weighted by Crippen LogP contribution is 2.47. The zero-order valence-electron chi connectivity index (χ0n) is 31.3. The number of nitrogens with zero attached hydrogens (tertiary/aromatic N) is 3. The van der Waals surface area contributed by atoms with Crippen LogP contribution in [0.1, 0.15) is 67.4 Å². The van der Waals surface area contributed by atoms with Gasteiger partial charge in [-0.05, 0) is 105 Å². The summed E-state index contributed by atoms with van der Waals surface area (Å²) in [6.07, 6.45) is 9.86. The SMILES string of the molecule is COCCN1CCN(C[C@]2(OC)/C=C/C[C@@H](C)[C@@H](C)S(=O)(=O)NC(=O)c3ccc4c(c3)N(CCCCc3cc(Cl)ccc3CO4)C[C@@H]3CC[C@H]32)CC1. The number of hydrogen-bond acceptors (Lipinski definition) is 9. The summed E-state index contributed by atoms with van der Waals surface area (Å²) in [6.45, 7) is 11.9. The number of benzene rings is 2. The van der Waals surface area contributed by atoms with E-state index in [0.29, 0.717) is 35.3 Å². The molecule has 12 heteroatoms. The number of nitrogens with one attached hydrogen (secondary N) is 1. The first-order chi connectivity index (χ1) is 25.0. The average Bonchev–Trinajstić information content (AvgIpc) is 3.15. The number of halogens is 1. The summed E-state index contributed by atoms with van der Waals surface area (Å²) in [6, 6.07) is 11.3. The van der Waals surface area contributed by atoms with Gasteiger partial charge < -0.3 is 19.1 Å². The van der Waals surface area contributed by atoms with Crippen LogP contribution in [0.4, 0.5) is 5.69 Å². The van der Waals surface area contributed by atoms with Crippen molar-refractivity contribution in [2.24, 2.45) is 17.8 Å². The van der Waals surface area contributed by atoms with Crippen molar-refractivity contribution in [3.8, 4) is 5.75 Å². The van der Waals surface area contributed by atoms with Crippen molar-refractivity contribution in [3.05, 3.63) is 70.3 Å². The molecule has 1 saturated heterocycles. The molecule has 2 fully saturated rings. The second kappa shape index (κ2) is 17.2. The summed E-state index contributed by atoms with van der Waals surface area (Å²) in [5.41, 5.74) is 2.86. The highest BCUT2D eigenvalue weighted by Gasteiger charge is 2.48. The van der Waals surface area contributed by atoms with Gasteiger partial charge in [0.2, 0.25) is 10.0 Å². The lowest BCUT2D eigenvalue weighted by Gasteiger charge is -2.52. The molecule has 5 atom stereocenters. The van der Waals surface area contributed by atoms with Crippen LogP contribution in [-0.2, 0) is 32.5 Å². The Morgan fingerprint density at radius 3 is 2.50 bits per heavy atom. The molecular weight excluding hydrogens is 700 g/mol. The van der Waals surface area contributed by atoms with Gasteiger partial charge in [0.15, 0.2) is 0 Å². The monoisotopic (exact) mass is 756 g/mol. The van der Waals surface area contributed by atoms with Crippen molar-refractivity contribution in [1.29, 1.82) is 0 Å². The maximum Gasteiger partial charge on any atom is 0.264 e. The summed E-state index contributed by atoms with van der Waals surface area (Å²) in [7, 11) is -0.365. The van der Waals surface area contributed by atoms with Crippen LogP contribution in [-0.4, -0.2) is 108 Å². The van der Waals surface area contributed by atoms with Crippen molar-refractivity contribution in [2.45, 2.75) is 69.8 Å². The number of amides is 1. The molecular formula is C40H57ClN4O6S. The van der Waals surface area contributed by atoms with Gasteiger partial charge in [0.1, 0.15) is 18.0 Å². The van der Waals surface area contributed by atoms with E-state index in [1.54, 1.807) is 20.1 Å². The zero-order chi connectivity index (χ0) is 36.9. The first-order valence-corrected chi connectivity index (χ1v) is 21.0. The van der Waals surface area contributed by atoms with E-state index in [-0.39, 0.29) is 11.8 Å². The zero-order valence-corrected chi connectivity index (χ0v) is 32.9. The summed E-state index contributed by atoms with van der Waals surface area (Å²) in [5.74, 6) is 0.444. The van der Waals surface area contributed by atoms with Crippen LogP contribution >= 0.6 is 11.6 Å². The number of ether oxygens (including phenoxy) is 3. The van der Waals surface area contributed by atoms with Gasteiger partial charge in [-0.3, -0.25) is 14.6 Å². The maximum atomic E-state index is 13.6. The number of fused-ring (bicyclic) bond motifs is 3. The van der Waals surface area contributed by atoms with E-state index in [9.17, 15) is 13.2 Å². The van der Waals surface area contributed by atoms with Crippen molar-refractivity contribution in [1.82, 2.24) is 14.5 Å². The molecule has 1 amide bonds. The number of methoxy groups -OCH3 is 2. The maximum absolute atomic E-state index is 13.6. The van der Waals surface area contributed by atoms with Gasteiger partial charge in [-0.25, -0.2) is 13.1 Å². The summed E-state index contributed by atoms with van der Waals surface area (Å²) in [4.78, 5) is 21.0. The second-order valence-electron chi connectivity index (χ2n) is 15.3. The number of aryl methyl sites for hydroxylation is 1. The molecule has 3 aliphatic heterocycles. The molecule has 1 aliphatic carbocycles. The van der Waals surface area contributed by atoms with Crippen LogP contribution < -0.4 is 14.4 Å². The lowest BCUT2D eigenvalue weighted by Crippen LogP contribution is -2.58. The molecule has 52 heavy (non-hydrogen) atoms. The largest absolute Gasteiger partial charge is 0.487 e. The van der Waals surface area contributed by atoms with E-state index in [2.05, 4.69) is 31.6 Å². The molecule has 286 valence electrons. The predicted octanol–water partition coefficient (Wildman–Crippen LogP) is 5.78. The van der Waals surface area contributed by atoms with Crippen molar-refractivity contribution in [2.75, 3.05) is 78.1 Å². The van der Waals surface area contributed by atoms with Crippen LogP contribution in [0.2, 0.25) is 5.02 Å². The highest BCUT2D eigenvalue weighted by molar-refractivity contribution is 7.90. The Balaban J connectivity index is 1.35. The fourth-order valence-corrected chi connectivity index (χ4v) is 9.85. The second-order valence-corrected chi connectivity index (χ2v) is 17.8. The molecule has 0 spiro atoms. The van der Waals surface area contributed by atoms with Crippen LogP contribution in [0.15, 0.2) is 48.6 Å². The Morgan fingerprint density at radius 1 is 0.981 bits per heavy atom. The third-order valence-electron chi connectivity index (χ3n) is 12.1. The van der Waals surface area contributed by atoms with Gasteiger partial charge in [-0.1, -0.05) is 36.7 Å². The Kier molecular flexibility index (Phi) is 12.9. The van der Waals surface area contributed by atoms with Gasteiger partial charge in [0, 0.05) is 77.2 Å². The minimum Gasteiger partial charge on any atom is -0.487 e. The summed E-state index contributed by atoms with van der Waals surface area (Å²) in [5, 5.41) is -0.0649. The number of piperazine rings is 1. The average molecular weight is 757 g/mol. The topological polar surface area (TPSA) is 101 Å². The lowest BCUT2D eigenvalue weighted by atomic mass is 9.63. The number of carbonyl (C=O) groups excluding carboxylic acids is 1. The van der Waals surface area contributed by atoms with Gasteiger partial charge in [0.25, 0.3) is 5.91 Å². The number of sulfonamides is 1. The molecule has 2 bridgehead atoms. The number of rotatable bonds is 6. The van der Waals surface area contributed by atoms with Crippen molar-refractivity contribution in [3.63, 3.8) is 0 Å². The molecule has 2 aromatic carbocycles. The van der Waals surface area contributed by atoms with Gasteiger partial charge in [0.05, 0.1) is 17.5 Å². The number of allylic oxidation sites excluding steroid dienone is 1. The molecule has 0 unspecified atom stereocenters. The van der Waals surface area contributed by atoms with Crippen molar-refractivity contribution >= 4 is 33.2 Å². The minimum absolute atomic E-state index is 0.223. The van der Waals surface area contributed by atoms with Gasteiger partial charge in [-0.2, -0.15) is 0 Å². The Bertz CT molecular complexity index is 1680. The summed E-state index contributed by atoms with van der Waals surface area (Å²) >= 11 is 6.40. The van der Waals surface area contributed by atoms with E-state index in [1.165, 1.54) is 5.56 Å². The van der Waals surface area contributed by atoms with Crippen LogP contribution in [0.25, 0.3) is 0 Å². The van der Waals surface area contributed by atoms with E-state index in [4.69, 9.17) is 25.8 Å². The van der Waals surface area contributed by atoms with Crippen molar-refractivity contribution < 1.29 is 27.4 Å². The standard InChI is InChI=1S/C40H57ClN4O6S/c1-29-8-7-16-40(50-4,28-44-20-18-43(19-21-44)22-23-49-3)36-14-11-33(36)26-45-17-6-5-9-31-24-35(41)13-10-34(31)27-51-38-15-12-32(25-37(38)45)39(46)42-52(47,48)30(29)2/h7,10,12-13,15-16,24-25,29-30,33,36H,5-6,8-9,11,14,17-23,26-28H2,1-4H3,(H,42,46)/b16-7+/t29-,30-,33+,36-,40-/m1/s1. The van der Waals surface area contributed by atoms with Crippen LogP contribution in [0.3, 0.4) is 0 Å². The van der Waals surface area contributed by atoms with E-state index >= 15 is 0 Å². The summed E-state index contributed by atoms with van der Waals surface area (Å²) < 4.78 is 48.0. The molecule has 1 saturated carbocycles. The predicted molar refractivity (Wildman–Crippen MR) is 207 cm³/mol. The van der Waals surface area contributed by atoms with E-state index in [1.807, 2.05) is 44.4 Å². The fourth-order valence-electron chi connectivity index (χ4n) is 8.37. The molecule has 2 aromatic rings. The molecule has 3 heterocycles. The Hall–Kier alpha value is -2.67. The normalized spacial score (nSPS) is 29.7. The number of anilines is 1. The number of carbonyl (C=O) groups is 1. The third-order valence-corrected chi connectivity index (χ3v) is 14.2. The highest BCUT2D eigenvalue weighted by atomic mass is 35.5. The molecule has 4 aliphatic rings. The first-order valence-electron chi connectivity index (χ1n) is 19.0. The molecule has 1 N–H and O–H groups in total. The molecule has 6 rings (SSSR count). The molecule has 0 aromatic heterocycles. The van der Waals surface area contributed by atoms with Crippen LogP contribution in [0.5, 0.6) is 5.75 Å². The minimum atomic E-state index is -3.96. The molecule has 10 nitrogen and oxygen atoms in total. The Morgan fingerprint density at radius 2 is 1.77 bits per heavy atom. The van der Waals surface area contributed by atoms with E-state index in [0.717, 1.165) is 102 Å². The van der Waals surface area contributed by atoms with E-state index < -0.39 is 26.8 Å². The quantitative estimate of drug-likeness (QED) is 0.368. The molecule has 0 radical (unpaired) electrons. The Labute approximate surface area is 315 Å². The first kappa shape index (κ1) is 39.0. The number of hydrogen-bond donors (Lipinski definition) is 1. The third kappa shape index (κ3) is 8.99. The fraction of sp³-hybridized carbons (Fsp3) is 0.625. The van der Waals surface area contributed by atoms with Gasteiger partial charge >= 0.3 is 0 Å². The van der Waals surface area contributed by atoms with Gasteiger partial charge in [-0.15, -0.1) is 0 Å². The van der Waals surface area contributed by atoms with Crippen LogP contribution in [0, 0.1) is 17.8 Å². The smallest absolute Gasteiger partial charge is 0.264 e.